The standard InChI is InChI=1S/C19H26N2O5S/c1-11-6-13(7-12(2)16(11)26-8-15(22)23)18(25)21-10-27-9-14(21)17(24)20-19(3,4)5/h6-7,14H,8-10H2,1-5H3,(H,20,24)(H,22,23). The van der Waals surface area contributed by atoms with Crippen LogP contribution < -0.4 is 10.1 Å². The van der Waals surface area contributed by atoms with E-state index in [0.29, 0.717) is 34.1 Å². The van der Waals surface area contributed by atoms with Crippen LogP contribution in [0.3, 0.4) is 0 Å². The zero-order valence-electron chi connectivity index (χ0n) is 16.3. The van der Waals surface area contributed by atoms with E-state index < -0.39 is 18.6 Å². The van der Waals surface area contributed by atoms with Crippen LogP contribution in [0, 0.1) is 13.8 Å². The van der Waals surface area contributed by atoms with E-state index >= 15 is 0 Å². The molecule has 0 aliphatic carbocycles. The molecular formula is C19H26N2O5S. The summed E-state index contributed by atoms with van der Waals surface area (Å²) in [4.78, 5) is 37.9. The molecule has 1 atom stereocenters. The maximum atomic E-state index is 13.0. The molecule has 1 aliphatic rings. The molecule has 1 aromatic carbocycles. The minimum absolute atomic E-state index is 0.157. The van der Waals surface area contributed by atoms with Gasteiger partial charge in [0, 0.05) is 16.9 Å². The van der Waals surface area contributed by atoms with Crippen molar-refractivity contribution in [2.75, 3.05) is 18.2 Å². The predicted octanol–water partition coefficient (Wildman–Crippen LogP) is 2.20. The monoisotopic (exact) mass is 394 g/mol. The van der Waals surface area contributed by atoms with Gasteiger partial charge in [0.15, 0.2) is 6.61 Å². The van der Waals surface area contributed by atoms with Crippen molar-refractivity contribution in [3.05, 3.63) is 28.8 Å². The number of carboxylic acid groups (broad SMARTS) is 1. The third-order valence-corrected chi connectivity index (χ3v) is 5.00. The maximum absolute atomic E-state index is 13.0. The van der Waals surface area contributed by atoms with E-state index in [9.17, 15) is 14.4 Å². The second-order valence-electron chi connectivity index (χ2n) is 7.65. The molecule has 148 valence electrons. The third-order valence-electron chi connectivity index (χ3n) is 3.99. The molecule has 2 N–H and O–H groups in total. The molecule has 8 heteroatoms. The number of ether oxygens (including phenoxy) is 1. The number of thioether (sulfide) groups is 1. The Morgan fingerprint density at radius 1 is 1.26 bits per heavy atom. The van der Waals surface area contributed by atoms with Crippen LogP contribution in [-0.4, -0.2) is 57.6 Å². The average molecular weight is 394 g/mol. The van der Waals surface area contributed by atoms with Crippen LogP contribution in [0.15, 0.2) is 12.1 Å². The highest BCUT2D eigenvalue weighted by molar-refractivity contribution is 7.99. The average Bonchev–Trinajstić information content (AvgIpc) is 3.01. The van der Waals surface area contributed by atoms with Gasteiger partial charge >= 0.3 is 5.97 Å². The van der Waals surface area contributed by atoms with Crippen LogP contribution in [0.4, 0.5) is 0 Å². The minimum Gasteiger partial charge on any atom is -0.481 e. The second-order valence-corrected chi connectivity index (χ2v) is 8.65. The van der Waals surface area contributed by atoms with Gasteiger partial charge in [0.25, 0.3) is 5.91 Å². The lowest BCUT2D eigenvalue weighted by Crippen LogP contribution is -2.52. The van der Waals surface area contributed by atoms with E-state index in [0.717, 1.165) is 0 Å². The summed E-state index contributed by atoms with van der Waals surface area (Å²) in [6, 6.07) is 2.84. The molecular weight excluding hydrogens is 368 g/mol. The molecule has 7 nitrogen and oxygen atoms in total. The number of carboxylic acids is 1. The Balaban J connectivity index is 2.21. The van der Waals surface area contributed by atoms with Crippen LogP contribution in [0.25, 0.3) is 0 Å². The number of rotatable bonds is 5. The molecule has 0 bridgehead atoms. The van der Waals surface area contributed by atoms with Crippen molar-refractivity contribution in [3.63, 3.8) is 0 Å². The third kappa shape index (κ3) is 5.38. The van der Waals surface area contributed by atoms with Crippen LogP contribution in [0.5, 0.6) is 5.75 Å². The van der Waals surface area contributed by atoms with Gasteiger partial charge < -0.3 is 20.1 Å². The number of aryl methyl sites for hydroxylation is 2. The number of nitrogens with one attached hydrogen (secondary N) is 1. The fraction of sp³-hybridized carbons (Fsp3) is 0.526. The quantitative estimate of drug-likeness (QED) is 0.795. The summed E-state index contributed by atoms with van der Waals surface area (Å²) in [6.45, 7) is 8.81. The van der Waals surface area contributed by atoms with E-state index in [-0.39, 0.29) is 17.4 Å². The van der Waals surface area contributed by atoms with E-state index in [1.807, 2.05) is 20.8 Å². The zero-order valence-corrected chi connectivity index (χ0v) is 17.1. The van der Waals surface area contributed by atoms with Crippen molar-refractivity contribution in [2.45, 2.75) is 46.2 Å². The Morgan fingerprint density at radius 2 is 1.85 bits per heavy atom. The van der Waals surface area contributed by atoms with Crippen LogP contribution in [0.2, 0.25) is 0 Å². The first-order chi connectivity index (χ1) is 12.5. The zero-order chi connectivity index (χ0) is 20.4. The molecule has 0 aromatic heterocycles. The molecule has 1 aliphatic heterocycles. The molecule has 1 fully saturated rings. The maximum Gasteiger partial charge on any atom is 0.341 e. The lowest BCUT2D eigenvalue weighted by Gasteiger charge is -2.28. The molecule has 2 amide bonds. The second kappa shape index (κ2) is 8.21. The first kappa shape index (κ1) is 21.1. The fourth-order valence-corrected chi connectivity index (χ4v) is 4.07. The normalized spacial score (nSPS) is 16.9. The van der Waals surface area contributed by atoms with Gasteiger partial charge in [-0.25, -0.2) is 4.79 Å². The Morgan fingerprint density at radius 3 is 2.37 bits per heavy atom. The topological polar surface area (TPSA) is 95.9 Å². The highest BCUT2D eigenvalue weighted by atomic mass is 32.2. The van der Waals surface area contributed by atoms with Gasteiger partial charge in [-0.05, 0) is 57.9 Å². The van der Waals surface area contributed by atoms with Gasteiger partial charge in [-0.15, -0.1) is 11.8 Å². The Hall–Kier alpha value is -2.22. The number of nitrogens with zero attached hydrogens (tertiary/aromatic N) is 1. The summed E-state index contributed by atoms with van der Waals surface area (Å²) in [6.07, 6.45) is 0. The minimum atomic E-state index is -1.06. The van der Waals surface area contributed by atoms with Gasteiger partial charge in [0.2, 0.25) is 5.91 Å². The van der Waals surface area contributed by atoms with Crippen molar-refractivity contribution in [1.82, 2.24) is 10.2 Å². The molecule has 1 aromatic rings. The Labute approximate surface area is 163 Å². The fourth-order valence-electron chi connectivity index (χ4n) is 2.91. The van der Waals surface area contributed by atoms with Crippen molar-refractivity contribution in [2.24, 2.45) is 0 Å². The molecule has 1 saturated heterocycles. The van der Waals surface area contributed by atoms with E-state index in [1.54, 1.807) is 42.6 Å². The van der Waals surface area contributed by atoms with E-state index in [2.05, 4.69) is 5.32 Å². The van der Waals surface area contributed by atoms with Gasteiger partial charge in [-0.3, -0.25) is 9.59 Å². The van der Waals surface area contributed by atoms with Crippen molar-refractivity contribution < 1.29 is 24.2 Å². The van der Waals surface area contributed by atoms with Crippen molar-refractivity contribution in [3.8, 4) is 5.75 Å². The van der Waals surface area contributed by atoms with Crippen molar-refractivity contribution >= 4 is 29.5 Å². The van der Waals surface area contributed by atoms with Gasteiger partial charge in [0.1, 0.15) is 11.8 Å². The SMILES string of the molecule is Cc1cc(C(=O)N2CSCC2C(=O)NC(C)(C)C)cc(C)c1OCC(=O)O. The van der Waals surface area contributed by atoms with Crippen LogP contribution >= 0.6 is 11.8 Å². The smallest absolute Gasteiger partial charge is 0.341 e. The first-order valence-corrected chi connectivity index (χ1v) is 9.81. The highest BCUT2D eigenvalue weighted by Crippen LogP contribution is 2.28. The summed E-state index contributed by atoms with van der Waals surface area (Å²) < 4.78 is 5.31. The summed E-state index contributed by atoms with van der Waals surface area (Å²) in [5, 5.41) is 11.7. The number of aliphatic carboxylic acids is 1. The summed E-state index contributed by atoms with van der Waals surface area (Å²) >= 11 is 1.54. The summed E-state index contributed by atoms with van der Waals surface area (Å²) in [5.41, 5.74) is 1.46. The van der Waals surface area contributed by atoms with Gasteiger partial charge in [-0.1, -0.05) is 0 Å². The number of amides is 2. The number of carbonyl (C=O) groups excluding carboxylic acids is 2. The molecule has 1 unspecified atom stereocenters. The molecule has 0 radical (unpaired) electrons. The van der Waals surface area contributed by atoms with Gasteiger partial charge in [-0.2, -0.15) is 0 Å². The van der Waals surface area contributed by atoms with Gasteiger partial charge in [0.05, 0.1) is 5.88 Å². The Kier molecular flexibility index (Phi) is 6.41. The lowest BCUT2D eigenvalue weighted by molar-refractivity contribution is -0.139. The summed E-state index contributed by atoms with van der Waals surface area (Å²) in [7, 11) is 0. The number of hydrogen-bond donors (Lipinski definition) is 2. The first-order valence-electron chi connectivity index (χ1n) is 8.66. The highest BCUT2D eigenvalue weighted by Gasteiger charge is 2.36. The number of hydrogen-bond acceptors (Lipinski definition) is 5. The summed E-state index contributed by atoms with van der Waals surface area (Å²) in [5.74, 6) is 0.0465. The van der Waals surface area contributed by atoms with Crippen molar-refractivity contribution in [1.29, 1.82) is 0 Å². The van der Waals surface area contributed by atoms with Crippen LogP contribution in [0.1, 0.15) is 42.3 Å². The predicted molar refractivity (Wildman–Crippen MR) is 104 cm³/mol. The number of carbonyl (C=O) groups is 3. The molecule has 27 heavy (non-hydrogen) atoms. The molecule has 1 heterocycles. The lowest BCUT2D eigenvalue weighted by atomic mass is 10.0. The van der Waals surface area contributed by atoms with Crippen LogP contribution in [-0.2, 0) is 9.59 Å². The number of benzene rings is 1. The molecule has 2 rings (SSSR count). The largest absolute Gasteiger partial charge is 0.481 e. The van der Waals surface area contributed by atoms with E-state index in [1.165, 1.54) is 0 Å². The molecule has 0 spiro atoms. The van der Waals surface area contributed by atoms with E-state index in [4.69, 9.17) is 9.84 Å². The molecule has 0 saturated carbocycles. The Bertz CT molecular complexity index is 734.